The summed E-state index contributed by atoms with van der Waals surface area (Å²) in [5, 5.41) is 6.04. The van der Waals surface area contributed by atoms with Crippen LogP contribution in [0.15, 0.2) is 72.8 Å². The van der Waals surface area contributed by atoms with Gasteiger partial charge in [-0.2, -0.15) is 0 Å². The summed E-state index contributed by atoms with van der Waals surface area (Å²) >= 11 is 0. The molecule has 0 aromatic heterocycles. The van der Waals surface area contributed by atoms with Crippen LogP contribution in [0.2, 0.25) is 0 Å². The number of hydrogen-bond donors (Lipinski definition) is 2. The molecule has 0 aliphatic carbocycles. The van der Waals surface area contributed by atoms with Crippen molar-refractivity contribution in [2.75, 3.05) is 17.2 Å². The monoisotopic (exact) mass is 360 g/mol. The second-order valence-corrected chi connectivity index (χ2v) is 6.58. The van der Waals surface area contributed by atoms with E-state index in [9.17, 15) is 4.79 Å². The van der Waals surface area contributed by atoms with Gasteiger partial charge in [-0.1, -0.05) is 36.4 Å². The van der Waals surface area contributed by atoms with Crippen LogP contribution in [-0.2, 0) is 11.4 Å². The molecular formula is C23H24N2O2. The highest BCUT2D eigenvalue weighted by atomic mass is 16.5. The number of amides is 1. The van der Waals surface area contributed by atoms with Gasteiger partial charge < -0.3 is 15.4 Å². The van der Waals surface area contributed by atoms with Crippen LogP contribution in [0.4, 0.5) is 11.4 Å². The van der Waals surface area contributed by atoms with E-state index >= 15 is 0 Å². The van der Waals surface area contributed by atoms with Crippen LogP contribution >= 0.6 is 0 Å². The molecule has 0 radical (unpaired) electrons. The standard InChI is InChI=1S/C23H24N2O2/c1-17-12-18(2)14-21(13-17)25-23(26)15-24-20-8-10-22(11-9-20)27-16-19-6-4-3-5-7-19/h3-14,24H,15-16H2,1-2H3,(H,25,26). The summed E-state index contributed by atoms with van der Waals surface area (Å²) in [6.45, 7) is 4.77. The quantitative estimate of drug-likeness (QED) is 0.628. The molecule has 27 heavy (non-hydrogen) atoms. The highest BCUT2D eigenvalue weighted by molar-refractivity contribution is 5.93. The van der Waals surface area contributed by atoms with E-state index in [1.807, 2.05) is 80.6 Å². The molecule has 0 bridgehead atoms. The first-order valence-corrected chi connectivity index (χ1v) is 8.97. The Morgan fingerprint density at radius 3 is 2.19 bits per heavy atom. The molecule has 0 unspecified atom stereocenters. The first-order valence-electron chi connectivity index (χ1n) is 8.97. The number of nitrogens with one attached hydrogen (secondary N) is 2. The number of aryl methyl sites for hydroxylation is 2. The lowest BCUT2D eigenvalue weighted by atomic mass is 10.1. The van der Waals surface area contributed by atoms with Gasteiger partial charge in [0, 0.05) is 11.4 Å². The average Bonchev–Trinajstić information content (AvgIpc) is 2.65. The Morgan fingerprint density at radius 1 is 0.852 bits per heavy atom. The minimum absolute atomic E-state index is 0.0793. The van der Waals surface area contributed by atoms with Gasteiger partial charge in [0.15, 0.2) is 0 Å². The molecular weight excluding hydrogens is 336 g/mol. The summed E-state index contributed by atoms with van der Waals surface area (Å²) < 4.78 is 5.77. The molecule has 3 aromatic rings. The molecule has 0 fully saturated rings. The largest absolute Gasteiger partial charge is 0.489 e. The zero-order chi connectivity index (χ0) is 19.1. The van der Waals surface area contributed by atoms with Crippen molar-refractivity contribution in [2.45, 2.75) is 20.5 Å². The molecule has 3 aromatic carbocycles. The minimum Gasteiger partial charge on any atom is -0.489 e. The molecule has 4 heteroatoms. The van der Waals surface area contributed by atoms with Gasteiger partial charge in [-0.25, -0.2) is 0 Å². The Hall–Kier alpha value is -3.27. The highest BCUT2D eigenvalue weighted by Crippen LogP contribution is 2.17. The van der Waals surface area contributed by atoms with Crippen LogP contribution in [0.3, 0.4) is 0 Å². The van der Waals surface area contributed by atoms with Crippen LogP contribution in [0.1, 0.15) is 16.7 Å². The number of rotatable bonds is 7. The summed E-state index contributed by atoms with van der Waals surface area (Å²) in [5.41, 5.74) is 5.08. The Bertz CT molecular complexity index is 870. The van der Waals surface area contributed by atoms with Gasteiger partial charge in [0.05, 0.1) is 6.54 Å². The molecule has 138 valence electrons. The summed E-state index contributed by atoms with van der Waals surface area (Å²) in [4.78, 5) is 12.1. The van der Waals surface area contributed by atoms with Gasteiger partial charge in [-0.05, 0) is 66.9 Å². The van der Waals surface area contributed by atoms with E-state index in [0.29, 0.717) is 6.61 Å². The van der Waals surface area contributed by atoms with Crippen LogP contribution in [0, 0.1) is 13.8 Å². The van der Waals surface area contributed by atoms with E-state index in [0.717, 1.165) is 33.8 Å². The normalized spacial score (nSPS) is 10.3. The zero-order valence-corrected chi connectivity index (χ0v) is 15.7. The molecule has 4 nitrogen and oxygen atoms in total. The van der Waals surface area contributed by atoms with Crippen molar-refractivity contribution < 1.29 is 9.53 Å². The highest BCUT2D eigenvalue weighted by Gasteiger charge is 2.04. The van der Waals surface area contributed by atoms with Gasteiger partial charge in [0.25, 0.3) is 0 Å². The van der Waals surface area contributed by atoms with E-state index in [1.165, 1.54) is 0 Å². The Morgan fingerprint density at radius 2 is 1.52 bits per heavy atom. The topological polar surface area (TPSA) is 50.4 Å². The molecule has 0 saturated heterocycles. The van der Waals surface area contributed by atoms with Gasteiger partial charge in [0.2, 0.25) is 5.91 Å². The van der Waals surface area contributed by atoms with Gasteiger partial charge in [-0.3, -0.25) is 4.79 Å². The van der Waals surface area contributed by atoms with Crippen molar-refractivity contribution >= 4 is 17.3 Å². The predicted molar refractivity (Wildman–Crippen MR) is 110 cm³/mol. The van der Waals surface area contributed by atoms with Gasteiger partial charge in [-0.15, -0.1) is 0 Å². The summed E-state index contributed by atoms with van der Waals surface area (Å²) in [6.07, 6.45) is 0. The Balaban J connectivity index is 1.47. The van der Waals surface area contributed by atoms with Crippen molar-refractivity contribution in [2.24, 2.45) is 0 Å². The molecule has 2 N–H and O–H groups in total. The SMILES string of the molecule is Cc1cc(C)cc(NC(=O)CNc2ccc(OCc3ccccc3)cc2)c1. The number of ether oxygens (including phenoxy) is 1. The third kappa shape index (κ3) is 5.89. The van der Waals surface area contributed by atoms with Crippen molar-refractivity contribution in [3.8, 4) is 5.75 Å². The molecule has 0 heterocycles. The second kappa shape index (κ2) is 8.90. The fourth-order valence-corrected chi connectivity index (χ4v) is 2.84. The average molecular weight is 360 g/mol. The summed E-state index contributed by atoms with van der Waals surface area (Å²) in [6, 6.07) is 23.6. The number of carbonyl (C=O) groups is 1. The molecule has 0 aliphatic heterocycles. The second-order valence-electron chi connectivity index (χ2n) is 6.58. The Kier molecular flexibility index (Phi) is 6.10. The van der Waals surface area contributed by atoms with Crippen molar-refractivity contribution in [3.63, 3.8) is 0 Å². The first-order chi connectivity index (χ1) is 13.1. The molecule has 1 amide bonds. The van der Waals surface area contributed by atoms with Crippen molar-refractivity contribution in [1.82, 2.24) is 0 Å². The van der Waals surface area contributed by atoms with E-state index in [4.69, 9.17) is 4.74 Å². The van der Waals surface area contributed by atoms with E-state index in [1.54, 1.807) is 0 Å². The maximum atomic E-state index is 12.1. The lowest BCUT2D eigenvalue weighted by Gasteiger charge is -2.10. The lowest BCUT2D eigenvalue weighted by Crippen LogP contribution is -2.21. The van der Waals surface area contributed by atoms with Crippen LogP contribution in [0.25, 0.3) is 0 Å². The van der Waals surface area contributed by atoms with Gasteiger partial charge in [0.1, 0.15) is 12.4 Å². The third-order valence-corrected chi connectivity index (χ3v) is 4.06. The number of anilines is 2. The number of benzene rings is 3. The third-order valence-electron chi connectivity index (χ3n) is 4.06. The summed E-state index contributed by atoms with van der Waals surface area (Å²) in [5.74, 6) is 0.716. The molecule has 0 saturated carbocycles. The fraction of sp³-hybridized carbons (Fsp3) is 0.174. The van der Waals surface area contributed by atoms with E-state index in [2.05, 4.69) is 16.7 Å². The Labute approximate surface area is 160 Å². The van der Waals surface area contributed by atoms with Crippen LogP contribution in [0.5, 0.6) is 5.75 Å². The molecule has 0 atom stereocenters. The lowest BCUT2D eigenvalue weighted by molar-refractivity contribution is -0.114. The summed E-state index contributed by atoms with van der Waals surface area (Å²) in [7, 11) is 0. The van der Waals surface area contributed by atoms with E-state index in [-0.39, 0.29) is 12.5 Å². The van der Waals surface area contributed by atoms with Crippen LogP contribution < -0.4 is 15.4 Å². The molecule has 3 rings (SSSR count). The molecule has 0 spiro atoms. The molecule has 0 aliphatic rings. The van der Waals surface area contributed by atoms with Crippen molar-refractivity contribution in [1.29, 1.82) is 0 Å². The smallest absolute Gasteiger partial charge is 0.243 e. The number of carbonyl (C=O) groups excluding carboxylic acids is 1. The fourth-order valence-electron chi connectivity index (χ4n) is 2.84. The zero-order valence-electron chi connectivity index (χ0n) is 15.7. The maximum absolute atomic E-state index is 12.1. The van der Waals surface area contributed by atoms with Crippen LogP contribution in [-0.4, -0.2) is 12.5 Å². The van der Waals surface area contributed by atoms with Crippen molar-refractivity contribution in [3.05, 3.63) is 89.5 Å². The number of hydrogen-bond acceptors (Lipinski definition) is 3. The maximum Gasteiger partial charge on any atom is 0.243 e. The van der Waals surface area contributed by atoms with E-state index < -0.39 is 0 Å². The van der Waals surface area contributed by atoms with Gasteiger partial charge >= 0.3 is 0 Å². The first kappa shape index (κ1) is 18.5. The minimum atomic E-state index is -0.0793. The predicted octanol–water partition coefficient (Wildman–Crippen LogP) is 4.93.